The van der Waals surface area contributed by atoms with Crippen LogP contribution in [-0.4, -0.2) is 5.91 Å². The number of amides is 1. The lowest BCUT2D eigenvalue weighted by molar-refractivity contribution is -0.704. The van der Waals surface area contributed by atoms with Crippen LogP contribution >= 0.6 is 11.6 Å². The van der Waals surface area contributed by atoms with Crippen molar-refractivity contribution in [2.45, 2.75) is 13.0 Å². The van der Waals surface area contributed by atoms with Crippen LogP contribution in [0.3, 0.4) is 0 Å². The number of hydrogen-bond acceptors (Lipinski definition) is 1. The molecule has 0 fully saturated rings. The van der Waals surface area contributed by atoms with Gasteiger partial charge in [-0.25, -0.2) is 0 Å². The van der Waals surface area contributed by atoms with Gasteiger partial charge in [0.05, 0.1) is 0 Å². The van der Waals surface area contributed by atoms with E-state index in [0.29, 0.717) is 5.02 Å². The highest BCUT2D eigenvalue weighted by molar-refractivity contribution is 6.30. The fourth-order valence-electron chi connectivity index (χ4n) is 2.31. The molecule has 0 aliphatic heterocycles. The van der Waals surface area contributed by atoms with Crippen molar-refractivity contribution >= 4 is 34.0 Å². The minimum atomic E-state index is -0.305. The summed E-state index contributed by atoms with van der Waals surface area (Å²) in [6.45, 7) is 1.88. The molecular formula is C18H16ClN2O+. The number of carbonyl (C=O) groups is 1. The monoisotopic (exact) mass is 311 g/mol. The molecule has 2 aromatic carbocycles. The number of rotatable bonds is 3. The zero-order valence-corrected chi connectivity index (χ0v) is 12.9. The molecule has 0 bridgehead atoms. The van der Waals surface area contributed by atoms with Crippen molar-refractivity contribution in [3.63, 3.8) is 0 Å². The van der Waals surface area contributed by atoms with Crippen LogP contribution in [0.2, 0.25) is 5.02 Å². The Kier molecular flexibility index (Phi) is 4.07. The molecule has 4 heteroatoms. The van der Waals surface area contributed by atoms with E-state index in [4.69, 9.17) is 11.6 Å². The molecule has 1 aromatic heterocycles. The standard InChI is InChI=1S/C18H15ClN2O/c1-13(18(22)20-17-8-6-16(19)7-9-17)21-11-10-14-4-2-3-5-15(14)12-21/h2-13H,1H3/p+1/t13-/m0/s1. The van der Waals surface area contributed by atoms with E-state index in [9.17, 15) is 4.79 Å². The first kappa shape index (κ1) is 14.5. The third-order valence-corrected chi connectivity index (χ3v) is 3.90. The van der Waals surface area contributed by atoms with Crippen LogP contribution in [0.5, 0.6) is 0 Å². The number of nitrogens with zero attached hydrogens (tertiary/aromatic N) is 1. The summed E-state index contributed by atoms with van der Waals surface area (Å²) < 4.78 is 1.91. The van der Waals surface area contributed by atoms with Crippen molar-refractivity contribution in [1.82, 2.24) is 0 Å². The Morgan fingerprint density at radius 1 is 1.05 bits per heavy atom. The summed E-state index contributed by atoms with van der Waals surface area (Å²) in [6, 6.07) is 16.9. The second-order valence-corrected chi connectivity index (χ2v) is 5.63. The lowest BCUT2D eigenvalue weighted by atomic mass is 10.1. The van der Waals surface area contributed by atoms with Crippen molar-refractivity contribution in [2.75, 3.05) is 5.32 Å². The first-order valence-electron chi connectivity index (χ1n) is 7.09. The number of benzene rings is 2. The molecule has 0 aliphatic carbocycles. The molecular weight excluding hydrogens is 296 g/mol. The van der Waals surface area contributed by atoms with Gasteiger partial charge in [-0.15, -0.1) is 0 Å². The molecule has 0 radical (unpaired) electrons. The average molecular weight is 312 g/mol. The van der Waals surface area contributed by atoms with Crippen LogP contribution in [0.4, 0.5) is 5.69 Å². The molecule has 0 saturated heterocycles. The molecule has 0 spiro atoms. The minimum Gasteiger partial charge on any atom is -0.320 e. The van der Waals surface area contributed by atoms with Gasteiger partial charge in [0.2, 0.25) is 6.04 Å². The number of pyridine rings is 1. The predicted octanol–water partition coefficient (Wildman–Crippen LogP) is 3.98. The van der Waals surface area contributed by atoms with Gasteiger partial charge in [-0.3, -0.25) is 4.79 Å². The van der Waals surface area contributed by atoms with Crippen LogP contribution in [0.25, 0.3) is 10.8 Å². The summed E-state index contributed by atoms with van der Waals surface area (Å²) in [6.07, 6.45) is 3.91. The van der Waals surface area contributed by atoms with Gasteiger partial charge >= 0.3 is 0 Å². The lowest BCUT2D eigenvalue weighted by Gasteiger charge is -2.09. The third kappa shape index (κ3) is 3.10. The molecule has 22 heavy (non-hydrogen) atoms. The number of aromatic nitrogens is 1. The molecule has 1 atom stereocenters. The first-order valence-corrected chi connectivity index (χ1v) is 7.47. The molecule has 1 amide bonds. The van der Waals surface area contributed by atoms with Crippen molar-refractivity contribution in [1.29, 1.82) is 0 Å². The van der Waals surface area contributed by atoms with E-state index in [1.807, 2.05) is 48.1 Å². The number of halogens is 1. The summed E-state index contributed by atoms with van der Waals surface area (Å²) in [5, 5.41) is 5.81. The summed E-state index contributed by atoms with van der Waals surface area (Å²) in [4.78, 5) is 12.4. The number of hydrogen-bond donors (Lipinski definition) is 1. The van der Waals surface area contributed by atoms with Gasteiger partial charge in [-0.05, 0) is 35.7 Å². The van der Waals surface area contributed by atoms with E-state index >= 15 is 0 Å². The van der Waals surface area contributed by atoms with Crippen molar-refractivity contribution in [3.8, 4) is 0 Å². The maximum atomic E-state index is 12.4. The van der Waals surface area contributed by atoms with Gasteiger partial charge in [0, 0.05) is 29.1 Å². The fourth-order valence-corrected chi connectivity index (χ4v) is 2.43. The number of nitrogens with one attached hydrogen (secondary N) is 1. The van der Waals surface area contributed by atoms with E-state index in [2.05, 4.69) is 11.4 Å². The van der Waals surface area contributed by atoms with Gasteiger partial charge < -0.3 is 5.32 Å². The lowest BCUT2D eigenvalue weighted by Crippen LogP contribution is -2.44. The number of anilines is 1. The van der Waals surface area contributed by atoms with Crippen LogP contribution < -0.4 is 9.88 Å². The van der Waals surface area contributed by atoms with E-state index < -0.39 is 0 Å². The van der Waals surface area contributed by atoms with Crippen LogP contribution in [-0.2, 0) is 4.79 Å². The SMILES string of the molecule is C[C@@H](C(=O)Nc1ccc(Cl)cc1)[n+]1ccc2ccccc2c1. The Hall–Kier alpha value is -2.39. The molecule has 3 aromatic rings. The summed E-state index contributed by atoms with van der Waals surface area (Å²) in [5.74, 6) is -0.0670. The van der Waals surface area contributed by atoms with Crippen LogP contribution in [0, 0.1) is 0 Å². The van der Waals surface area contributed by atoms with Crippen LogP contribution in [0.15, 0.2) is 67.0 Å². The second-order valence-electron chi connectivity index (χ2n) is 5.19. The van der Waals surface area contributed by atoms with E-state index in [-0.39, 0.29) is 11.9 Å². The van der Waals surface area contributed by atoms with Gasteiger partial charge in [0.15, 0.2) is 12.4 Å². The second kappa shape index (κ2) is 6.16. The van der Waals surface area contributed by atoms with Gasteiger partial charge in [-0.2, -0.15) is 4.57 Å². The van der Waals surface area contributed by atoms with Gasteiger partial charge in [-0.1, -0.05) is 29.8 Å². The Morgan fingerprint density at radius 2 is 1.73 bits per heavy atom. The van der Waals surface area contributed by atoms with Gasteiger partial charge in [0.1, 0.15) is 0 Å². The largest absolute Gasteiger partial charge is 0.320 e. The highest BCUT2D eigenvalue weighted by Gasteiger charge is 2.22. The first-order chi connectivity index (χ1) is 10.6. The third-order valence-electron chi connectivity index (χ3n) is 3.65. The maximum Gasteiger partial charge on any atom is 0.293 e. The molecule has 3 nitrogen and oxygen atoms in total. The summed E-state index contributed by atoms with van der Waals surface area (Å²) in [7, 11) is 0. The van der Waals surface area contributed by atoms with Crippen molar-refractivity contribution in [3.05, 3.63) is 72.0 Å². The van der Waals surface area contributed by atoms with E-state index in [0.717, 1.165) is 16.5 Å². The quantitative estimate of drug-likeness (QED) is 0.729. The highest BCUT2D eigenvalue weighted by atomic mass is 35.5. The topological polar surface area (TPSA) is 33.0 Å². The summed E-state index contributed by atoms with van der Waals surface area (Å²) in [5.41, 5.74) is 0.739. The molecule has 110 valence electrons. The molecule has 3 rings (SSSR count). The Bertz CT molecular complexity index is 815. The Labute approximate surface area is 134 Å². The minimum absolute atomic E-state index is 0.0670. The van der Waals surface area contributed by atoms with E-state index in [1.54, 1.807) is 24.3 Å². The zero-order valence-electron chi connectivity index (χ0n) is 12.2. The maximum absolute atomic E-state index is 12.4. The zero-order chi connectivity index (χ0) is 15.5. The number of fused-ring (bicyclic) bond motifs is 1. The Morgan fingerprint density at radius 3 is 2.45 bits per heavy atom. The van der Waals surface area contributed by atoms with Gasteiger partial charge in [0.25, 0.3) is 5.91 Å². The molecule has 1 N–H and O–H groups in total. The predicted molar refractivity (Wildman–Crippen MR) is 88.9 cm³/mol. The highest BCUT2D eigenvalue weighted by Crippen LogP contribution is 2.15. The molecule has 1 heterocycles. The average Bonchev–Trinajstić information content (AvgIpc) is 2.55. The normalized spacial score (nSPS) is 12.1. The molecule has 0 aliphatic rings. The number of carbonyl (C=O) groups excluding carboxylic acids is 1. The van der Waals surface area contributed by atoms with E-state index in [1.165, 1.54) is 0 Å². The van der Waals surface area contributed by atoms with Crippen molar-refractivity contribution < 1.29 is 9.36 Å². The molecule has 0 saturated carbocycles. The van der Waals surface area contributed by atoms with Crippen LogP contribution in [0.1, 0.15) is 13.0 Å². The summed E-state index contributed by atoms with van der Waals surface area (Å²) >= 11 is 5.85. The molecule has 0 unspecified atom stereocenters. The fraction of sp³-hybridized carbons (Fsp3) is 0.111. The van der Waals surface area contributed by atoms with Crippen molar-refractivity contribution in [2.24, 2.45) is 0 Å². The Balaban J connectivity index is 1.80. The smallest absolute Gasteiger partial charge is 0.293 e.